The number of ether oxygens (including phenoxy) is 1. The summed E-state index contributed by atoms with van der Waals surface area (Å²) < 4.78 is 6.93. The summed E-state index contributed by atoms with van der Waals surface area (Å²) in [6, 6.07) is 7.29. The van der Waals surface area contributed by atoms with E-state index in [0.29, 0.717) is 53.4 Å². The van der Waals surface area contributed by atoms with Gasteiger partial charge in [0.2, 0.25) is 5.12 Å². The van der Waals surface area contributed by atoms with Crippen molar-refractivity contribution in [3.63, 3.8) is 0 Å². The third-order valence-corrected chi connectivity index (χ3v) is 6.34. The van der Waals surface area contributed by atoms with E-state index in [1.807, 2.05) is 18.2 Å². The molecule has 11 heteroatoms. The predicted molar refractivity (Wildman–Crippen MR) is 130 cm³/mol. The number of H-pyrrole nitrogens is 1. The summed E-state index contributed by atoms with van der Waals surface area (Å²) in [5.74, 6) is 0.406. The van der Waals surface area contributed by atoms with Crippen molar-refractivity contribution in [2.24, 2.45) is 5.92 Å². The zero-order valence-corrected chi connectivity index (χ0v) is 20.0. The zero-order chi connectivity index (χ0) is 24.7. The van der Waals surface area contributed by atoms with Gasteiger partial charge in [-0.15, -0.1) is 12.6 Å². The number of rotatable bonds is 7. The first-order chi connectivity index (χ1) is 16.9. The molecule has 1 aromatic carbocycles. The average molecular weight is 491 g/mol. The van der Waals surface area contributed by atoms with E-state index in [4.69, 9.17) is 4.74 Å². The molecule has 0 saturated carbocycles. The highest BCUT2D eigenvalue weighted by Gasteiger charge is 2.35. The minimum absolute atomic E-state index is 0.209. The molecule has 4 aromatic rings. The lowest BCUT2D eigenvalue weighted by Crippen LogP contribution is -2.53. The number of aryl methyl sites for hydroxylation is 1. The quantitative estimate of drug-likeness (QED) is 0.232. The molecule has 0 bridgehead atoms. The molecule has 3 aromatic heterocycles. The first-order valence-corrected chi connectivity index (χ1v) is 11.4. The molecule has 35 heavy (non-hydrogen) atoms. The van der Waals surface area contributed by atoms with Crippen LogP contribution < -0.4 is 4.74 Å². The number of aromatic amines is 1. The zero-order valence-electron chi connectivity index (χ0n) is 19.1. The van der Waals surface area contributed by atoms with Gasteiger partial charge in [-0.25, -0.2) is 14.6 Å². The molecule has 0 atom stereocenters. The molecule has 1 aliphatic rings. The fraction of sp³-hybridized carbons (Fsp3) is 0.250. The number of hydrogen-bond donors (Lipinski definition) is 2. The number of methoxy groups -OCH3 is 1. The number of amides is 1. The molecule has 1 saturated heterocycles. The third-order valence-electron chi connectivity index (χ3n) is 6.08. The van der Waals surface area contributed by atoms with Gasteiger partial charge < -0.3 is 14.6 Å². The highest BCUT2D eigenvalue weighted by molar-refractivity contribution is 7.97. The molecule has 178 valence electrons. The first-order valence-electron chi connectivity index (χ1n) is 10.9. The number of thiol groups is 1. The van der Waals surface area contributed by atoms with E-state index in [1.165, 1.54) is 35.4 Å². The van der Waals surface area contributed by atoms with Gasteiger partial charge in [0.05, 0.1) is 29.8 Å². The van der Waals surface area contributed by atoms with E-state index in [-0.39, 0.29) is 16.6 Å². The normalized spacial score (nSPS) is 13.6. The fourth-order valence-electron chi connectivity index (χ4n) is 4.35. The van der Waals surface area contributed by atoms with Crippen LogP contribution in [-0.2, 0) is 11.2 Å². The average Bonchev–Trinajstić information content (AvgIpc) is 3.46. The number of likely N-dealkylation sites (tertiary alicyclic amines) is 1. The Morgan fingerprint density at radius 1 is 1.23 bits per heavy atom. The SMILES string of the molecule is COc1cnc(-n2cnc(C)n2)c2[nH]cc(C(=O)C(=O)N3CC(Cc4cccc(C(=O)S)c4)C3)c12. The Bertz CT molecular complexity index is 1470. The molecule has 1 N–H and O–H groups in total. The van der Waals surface area contributed by atoms with Crippen molar-refractivity contribution in [2.45, 2.75) is 13.3 Å². The van der Waals surface area contributed by atoms with E-state index in [2.05, 4.69) is 32.7 Å². The van der Waals surface area contributed by atoms with Gasteiger partial charge in [0, 0.05) is 24.8 Å². The first kappa shape index (κ1) is 22.8. The Hall–Kier alpha value is -3.99. The maximum Gasteiger partial charge on any atom is 0.295 e. The highest BCUT2D eigenvalue weighted by Crippen LogP contribution is 2.32. The second-order valence-corrected chi connectivity index (χ2v) is 8.86. The number of benzene rings is 1. The molecular weight excluding hydrogens is 468 g/mol. The standard InChI is InChI=1S/C24H22N6O4S/c1-13-27-12-30(28-13)22-20-19(18(34-2)9-26-22)17(8-25-20)21(31)23(32)29-10-15(11-29)6-14-4-3-5-16(7-14)24(33)35/h3-5,7-9,12,15,25H,6,10-11H2,1-2H3,(H,33,35). The maximum absolute atomic E-state index is 13.2. The molecule has 1 fully saturated rings. The summed E-state index contributed by atoms with van der Waals surface area (Å²) in [7, 11) is 1.48. The molecule has 10 nitrogen and oxygen atoms in total. The molecule has 0 spiro atoms. The number of hydrogen-bond acceptors (Lipinski definition) is 7. The molecule has 0 aliphatic carbocycles. The summed E-state index contributed by atoms with van der Waals surface area (Å²) in [4.78, 5) is 50.8. The van der Waals surface area contributed by atoms with Crippen molar-refractivity contribution in [2.75, 3.05) is 20.2 Å². The monoisotopic (exact) mass is 490 g/mol. The lowest BCUT2D eigenvalue weighted by Gasteiger charge is -2.39. The van der Waals surface area contributed by atoms with Gasteiger partial charge in [0.1, 0.15) is 17.9 Å². The number of nitrogens with zero attached hydrogens (tertiary/aromatic N) is 5. The molecule has 0 radical (unpaired) electrons. The van der Waals surface area contributed by atoms with E-state index in [1.54, 1.807) is 13.0 Å². The van der Waals surface area contributed by atoms with Crippen molar-refractivity contribution in [1.82, 2.24) is 29.6 Å². The van der Waals surface area contributed by atoms with Gasteiger partial charge in [0.25, 0.3) is 11.7 Å². The predicted octanol–water partition coefficient (Wildman–Crippen LogP) is 2.41. The van der Waals surface area contributed by atoms with E-state index in [9.17, 15) is 14.4 Å². The van der Waals surface area contributed by atoms with Crippen LogP contribution >= 0.6 is 12.6 Å². The van der Waals surface area contributed by atoms with E-state index in [0.717, 1.165) is 5.56 Å². The van der Waals surface area contributed by atoms with Crippen LogP contribution in [0.15, 0.2) is 43.0 Å². The van der Waals surface area contributed by atoms with Crippen molar-refractivity contribution in [1.29, 1.82) is 0 Å². The molecule has 1 amide bonds. The minimum atomic E-state index is -0.623. The third kappa shape index (κ3) is 4.18. The molecular formula is C24H22N6O4S. The number of carbonyl (C=O) groups is 3. The Morgan fingerprint density at radius 3 is 2.71 bits per heavy atom. The Labute approximate surface area is 205 Å². The Morgan fingerprint density at radius 2 is 2.03 bits per heavy atom. The lowest BCUT2D eigenvalue weighted by molar-refractivity contribution is -0.132. The number of fused-ring (bicyclic) bond motifs is 1. The van der Waals surface area contributed by atoms with Gasteiger partial charge in [-0.05, 0) is 30.9 Å². The summed E-state index contributed by atoms with van der Waals surface area (Å²) in [5, 5.41) is 4.47. The Balaban J connectivity index is 1.34. The number of nitrogens with one attached hydrogen (secondary N) is 1. The summed E-state index contributed by atoms with van der Waals surface area (Å²) in [6.45, 7) is 2.69. The van der Waals surface area contributed by atoms with Crippen LogP contribution in [0.4, 0.5) is 0 Å². The van der Waals surface area contributed by atoms with E-state index >= 15 is 0 Å². The smallest absolute Gasteiger partial charge is 0.295 e. The second kappa shape index (κ2) is 8.99. The number of pyridine rings is 1. The maximum atomic E-state index is 13.2. The minimum Gasteiger partial charge on any atom is -0.494 e. The van der Waals surface area contributed by atoms with Gasteiger partial charge in [-0.3, -0.25) is 14.4 Å². The van der Waals surface area contributed by atoms with Gasteiger partial charge in [-0.1, -0.05) is 18.2 Å². The topological polar surface area (TPSA) is 123 Å². The van der Waals surface area contributed by atoms with Crippen LogP contribution in [0.1, 0.15) is 32.1 Å². The van der Waals surface area contributed by atoms with Crippen LogP contribution in [0.2, 0.25) is 0 Å². The summed E-state index contributed by atoms with van der Waals surface area (Å²) in [5.41, 5.74) is 2.27. The van der Waals surface area contributed by atoms with Crippen molar-refractivity contribution in [3.8, 4) is 11.6 Å². The van der Waals surface area contributed by atoms with Crippen molar-refractivity contribution in [3.05, 3.63) is 65.5 Å². The van der Waals surface area contributed by atoms with Gasteiger partial charge in [0.15, 0.2) is 5.82 Å². The van der Waals surface area contributed by atoms with Gasteiger partial charge >= 0.3 is 0 Å². The molecule has 5 rings (SSSR count). The molecule has 0 unspecified atom stereocenters. The highest BCUT2D eigenvalue weighted by atomic mass is 32.1. The fourth-order valence-corrected chi connectivity index (χ4v) is 4.49. The second-order valence-electron chi connectivity index (χ2n) is 8.45. The molecule has 1 aliphatic heterocycles. The number of aromatic nitrogens is 5. The molecule has 4 heterocycles. The van der Waals surface area contributed by atoms with Crippen LogP contribution in [0.3, 0.4) is 0 Å². The number of carbonyl (C=O) groups excluding carboxylic acids is 3. The Kier molecular flexibility index (Phi) is 5.85. The van der Waals surface area contributed by atoms with Crippen LogP contribution in [0.25, 0.3) is 16.7 Å². The number of ketones is 1. The van der Waals surface area contributed by atoms with Crippen LogP contribution in [0, 0.1) is 12.8 Å². The summed E-state index contributed by atoms with van der Waals surface area (Å²) in [6.07, 6.45) is 5.23. The summed E-state index contributed by atoms with van der Waals surface area (Å²) >= 11 is 3.87. The van der Waals surface area contributed by atoms with Gasteiger partial charge in [-0.2, -0.15) is 5.10 Å². The van der Waals surface area contributed by atoms with Crippen LogP contribution in [-0.4, -0.2) is 66.6 Å². The largest absolute Gasteiger partial charge is 0.494 e. The lowest BCUT2D eigenvalue weighted by atomic mass is 9.91. The van der Waals surface area contributed by atoms with E-state index < -0.39 is 11.7 Å². The van der Waals surface area contributed by atoms with Crippen molar-refractivity contribution >= 4 is 40.3 Å². The van der Waals surface area contributed by atoms with Crippen molar-refractivity contribution < 1.29 is 19.1 Å². The number of Topliss-reactive ketones (excluding diaryl/α,β-unsaturated/α-hetero) is 1. The van der Waals surface area contributed by atoms with Crippen LogP contribution in [0.5, 0.6) is 5.75 Å².